The Kier molecular flexibility index (Phi) is 3.59. The van der Waals surface area contributed by atoms with E-state index < -0.39 is 0 Å². The lowest BCUT2D eigenvalue weighted by molar-refractivity contribution is 1.05. The smallest absolute Gasteiger partial charge is 0.182 e. The first-order valence-corrected chi connectivity index (χ1v) is 7.45. The van der Waals surface area contributed by atoms with E-state index in [0.29, 0.717) is 14.8 Å². The molecule has 2 nitrogen and oxygen atoms in total. The highest BCUT2D eigenvalue weighted by molar-refractivity contribution is 7.71. The van der Waals surface area contributed by atoms with Crippen LogP contribution in [0.1, 0.15) is 12.5 Å². The van der Waals surface area contributed by atoms with Gasteiger partial charge in [0, 0.05) is 5.69 Å². The van der Waals surface area contributed by atoms with Crippen LogP contribution in [-0.4, -0.2) is 9.55 Å². The summed E-state index contributed by atoms with van der Waals surface area (Å²) in [5, 5.41) is 1.04. The Bertz CT molecular complexity index is 849. The van der Waals surface area contributed by atoms with Crippen molar-refractivity contribution in [1.29, 1.82) is 0 Å². The first kappa shape index (κ1) is 13.7. The number of aromatic nitrogens is 2. The largest absolute Gasteiger partial charge is 0.330 e. The second-order valence-corrected chi connectivity index (χ2v) is 5.77. The number of H-pyrrole nitrogens is 1. The number of rotatable bonds is 2. The number of halogens is 2. The molecule has 102 valence electrons. The summed E-state index contributed by atoms with van der Waals surface area (Å²) < 4.78 is 2.61. The summed E-state index contributed by atoms with van der Waals surface area (Å²) in [5.74, 6) is 0. The molecule has 0 aliphatic heterocycles. The molecule has 2 aromatic carbocycles. The molecule has 3 aromatic rings. The predicted molar refractivity (Wildman–Crippen MR) is 87.9 cm³/mol. The molecule has 0 saturated carbocycles. The van der Waals surface area contributed by atoms with Gasteiger partial charge in [0.2, 0.25) is 0 Å². The molecule has 0 radical (unpaired) electrons. The zero-order chi connectivity index (χ0) is 14.3. The van der Waals surface area contributed by atoms with Crippen molar-refractivity contribution in [2.75, 3.05) is 0 Å². The van der Waals surface area contributed by atoms with Crippen molar-refractivity contribution >= 4 is 46.5 Å². The number of benzene rings is 2. The van der Waals surface area contributed by atoms with Crippen molar-refractivity contribution in [3.05, 3.63) is 56.8 Å². The third-order valence-electron chi connectivity index (χ3n) is 3.30. The van der Waals surface area contributed by atoms with Crippen LogP contribution >= 0.6 is 35.4 Å². The molecule has 5 heteroatoms. The zero-order valence-electron chi connectivity index (χ0n) is 10.8. The molecule has 0 spiro atoms. The molecule has 1 aromatic heterocycles. The minimum atomic E-state index is 0.518. The van der Waals surface area contributed by atoms with Crippen LogP contribution in [0.2, 0.25) is 10.0 Å². The molecular formula is C15H12Cl2N2S. The summed E-state index contributed by atoms with van der Waals surface area (Å²) in [6, 6.07) is 11.9. The number of nitrogens with one attached hydrogen (secondary N) is 1. The fraction of sp³-hybridized carbons (Fsp3) is 0.133. The van der Waals surface area contributed by atoms with Gasteiger partial charge in [-0.05, 0) is 48.5 Å². The number of fused-ring (bicyclic) bond motifs is 1. The summed E-state index contributed by atoms with van der Waals surface area (Å²) in [6.45, 7) is 2.13. The van der Waals surface area contributed by atoms with Gasteiger partial charge in [0.1, 0.15) is 0 Å². The van der Waals surface area contributed by atoms with E-state index in [-0.39, 0.29) is 0 Å². The summed E-state index contributed by atoms with van der Waals surface area (Å²) in [6.07, 6.45) is 0.982. The molecule has 0 aliphatic rings. The van der Waals surface area contributed by atoms with E-state index in [4.69, 9.17) is 35.4 Å². The number of nitrogens with zero attached hydrogens (tertiary/aromatic N) is 1. The minimum absolute atomic E-state index is 0.518. The Labute approximate surface area is 132 Å². The standard InChI is InChI=1S/C15H12Cl2N2S/c1-2-9-4-3-5-10(6-9)19-14-8-12(17)11(16)7-13(14)18-15(19)20/h3-8H,2H2,1H3,(H,18,20). The first-order chi connectivity index (χ1) is 9.60. The van der Waals surface area contributed by atoms with Gasteiger partial charge >= 0.3 is 0 Å². The Morgan fingerprint density at radius 2 is 1.90 bits per heavy atom. The molecular weight excluding hydrogens is 311 g/mol. The van der Waals surface area contributed by atoms with Crippen molar-refractivity contribution in [3.63, 3.8) is 0 Å². The second kappa shape index (κ2) is 5.24. The molecule has 0 unspecified atom stereocenters. The van der Waals surface area contributed by atoms with Gasteiger partial charge in [-0.1, -0.05) is 42.3 Å². The molecule has 1 N–H and O–H groups in total. The molecule has 0 aliphatic carbocycles. The maximum Gasteiger partial charge on any atom is 0.182 e. The molecule has 0 saturated heterocycles. The average Bonchev–Trinajstić information content (AvgIpc) is 2.74. The topological polar surface area (TPSA) is 20.7 Å². The lowest BCUT2D eigenvalue weighted by Crippen LogP contribution is -1.95. The Balaban J connectivity index is 2.32. The van der Waals surface area contributed by atoms with Crippen LogP contribution in [0, 0.1) is 4.77 Å². The van der Waals surface area contributed by atoms with Crippen molar-refractivity contribution in [3.8, 4) is 5.69 Å². The normalized spacial score (nSPS) is 11.2. The first-order valence-electron chi connectivity index (χ1n) is 6.29. The fourth-order valence-electron chi connectivity index (χ4n) is 2.27. The van der Waals surface area contributed by atoms with Crippen LogP contribution < -0.4 is 0 Å². The van der Waals surface area contributed by atoms with E-state index in [2.05, 4.69) is 24.0 Å². The van der Waals surface area contributed by atoms with Crippen LogP contribution in [0.25, 0.3) is 16.7 Å². The third kappa shape index (κ3) is 2.26. The van der Waals surface area contributed by atoms with Gasteiger partial charge in [0.15, 0.2) is 4.77 Å². The monoisotopic (exact) mass is 322 g/mol. The summed E-state index contributed by atoms with van der Waals surface area (Å²) in [7, 11) is 0. The van der Waals surface area contributed by atoms with Gasteiger partial charge in [-0.15, -0.1) is 0 Å². The maximum atomic E-state index is 6.12. The fourth-order valence-corrected chi connectivity index (χ4v) is 2.91. The second-order valence-electron chi connectivity index (χ2n) is 4.57. The van der Waals surface area contributed by atoms with Gasteiger partial charge in [-0.2, -0.15) is 0 Å². The van der Waals surface area contributed by atoms with Crippen LogP contribution in [-0.2, 0) is 6.42 Å². The van der Waals surface area contributed by atoms with Crippen LogP contribution in [0.5, 0.6) is 0 Å². The van der Waals surface area contributed by atoms with Gasteiger partial charge in [0.05, 0.1) is 21.1 Å². The molecule has 0 fully saturated rings. The lowest BCUT2D eigenvalue weighted by Gasteiger charge is -2.07. The molecule has 0 bridgehead atoms. The number of imidazole rings is 1. The van der Waals surface area contributed by atoms with Gasteiger partial charge in [0.25, 0.3) is 0 Å². The van der Waals surface area contributed by atoms with Crippen molar-refractivity contribution in [2.45, 2.75) is 13.3 Å². The van der Waals surface area contributed by atoms with Gasteiger partial charge in [-0.3, -0.25) is 4.57 Å². The molecule has 3 rings (SSSR count). The van der Waals surface area contributed by atoms with E-state index in [0.717, 1.165) is 23.1 Å². The maximum absolute atomic E-state index is 6.12. The third-order valence-corrected chi connectivity index (χ3v) is 4.31. The van der Waals surface area contributed by atoms with Gasteiger partial charge in [-0.25, -0.2) is 0 Å². The molecule has 1 heterocycles. The number of hydrogen-bond acceptors (Lipinski definition) is 1. The van der Waals surface area contributed by atoms with Gasteiger partial charge < -0.3 is 4.98 Å². The van der Waals surface area contributed by atoms with Crippen LogP contribution in [0.15, 0.2) is 36.4 Å². The van der Waals surface area contributed by atoms with E-state index in [1.54, 1.807) is 6.07 Å². The highest BCUT2D eigenvalue weighted by atomic mass is 35.5. The van der Waals surface area contributed by atoms with Crippen LogP contribution in [0.3, 0.4) is 0 Å². The highest BCUT2D eigenvalue weighted by Crippen LogP contribution is 2.29. The molecule has 0 atom stereocenters. The quantitative estimate of drug-likeness (QED) is 0.613. The van der Waals surface area contributed by atoms with E-state index in [1.165, 1.54) is 5.56 Å². The van der Waals surface area contributed by atoms with Crippen LogP contribution in [0.4, 0.5) is 0 Å². The summed E-state index contributed by atoms with van der Waals surface area (Å²) >= 11 is 17.6. The Hall–Kier alpha value is -1.29. The van der Waals surface area contributed by atoms with E-state index in [1.807, 2.05) is 22.8 Å². The lowest BCUT2D eigenvalue weighted by atomic mass is 10.1. The number of aromatic amines is 1. The summed E-state index contributed by atoms with van der Waals surface area (Å²) in [5.41, 5.74) is 4.10. The Morgan fingerprint density at radius 1 is 1.15 bits per heavy atom. The predicted octanol–water partition coefficient (Wildman–Crippen LogP) is 5.56. The average molecular weight is 323 g/mol. The number of aryl methyl sites for hydroxylation is 1. The summed E-state index contributed by atoms with van der Waals surface area (Å²) in [4.78, 5) is 3.17. The van der Waals surface area contributed by atoms with Crippen molar-refractivity contribution in [1.82, 2.24) is 9.55 Å². The van der Waals surface area contributed by atoms with Crippen molar-refractivity contribution < 1.29 is 0 Å². The highest BCUT2D eigenvalue weighted by Gasteiger charge is 2.10. The van der Waals surface area contributed by atoms with E-state index >= 15 is 0 Å². The zero-order valence-corrected chi connectivity index (χ0v) is 13.1. The van der Waals surface area contributed by atoms with E-state index in [9.17, 15) is 0 Å². The SMILES string of the molecule is CCc1cccc(-n2c(=S)[nH]c3cc(Cl)c(Cl)cc32)c1. The molecule has 0 amide bonds. The Morgan fingerprint density at radius 3 is 2.65 bits per heavy atom. The number of hydrogen-bond donors (Lipinski definition) is 1. The van der Waals surface area contributed by atoms with Crippen molar-refractivity contribution in [2.24, 2.45) is 0 Å². The minimum Gasteiger partial charge on any atom is -0.330 e. The molecule has 20 heavy (non-hydrogen) atoms.